The highest BCUT2D eigenvalue weighted by atomic mass is 79.9. The fraction of sp³-hybridized carbons (Fsp3) is 0.182. The van der Waals surface area contributed by atoms with Gasteiger partial charge in [-0.05, 0) is 34.1 Å². The summed E-state index contributed by atoms with van der Waals surface area (Å²) in [5.74, 6) is -2.80. The first-order chi connectivity index (χ1) is 8.81. The van der Waals surface area contributed by atoms with Crippen molar-refractivity contribution in [2.24, 2.45) is 5.73 Å². The van der Waals surface area contributed by atoms with Crippen LogP contribution in [0.15, 0.2) is 22.7 Å². The van der Waals surface area contributed by atoms with E-state index in [9.17, 15) is 14.4 Å². The minimum absolute atomic E-state index is 0.191. The number of nitrogen functional groups attached to an aromatic ring is 1. The number of carbonyl (C=O) groups excluding carboxylic acids is 2. The number of carboxylic acids is 1. The van der Waals surface area contributed by atoms with E-state index in [-0.39, 0.29) is 5.56 Å². The van der Waals surface area contributed by atoms with Crippen LogP contribution in [0.25, 0.3) is 0 Å². The average Bonchev–Trinajstić information content (AvgIpc) is 2.31. The first-order valence-corrected chi connectivity index (χ1v) is 5.97. The molecule has 0 aliphatic carbocycles. The monoisotopic (exact) mass is 329 g/mol. The van der Waals surface area contributed by atoms with Crippen molar-refractivity contribution in [3.8, 4) is 0 Å². The first kappa shape index (κ1) is 15.0. The van der Waals surface area contributed by atoms with Gasteiger partial charge >= 0.3 is 5.97 Å². The minimum Gasteiger partial charge on any atom is -0.480 e. The number of carboxylic acid groups (broad SMARTS) is 1. The predicted octanol–water partition coefficient (Wildman–Crippen LogP) is 0.0897. The van der Waals surface area contributed by atoms with Gasteiger partial charge in [0.15, 0.2) is 0 Å². The molecule has 1 atom stereocenters. The molecule has 1 aromatic rings. The molecule has 0 aromatic heterocycles. The Morgan fingerprint density at radius 3 is 2.47 bits per heavy atom. The Kier molecular flexibility index (Phi) is 4.87. The second-order valence-electron chi connectivity index (χ2n) is 3.77. The van der Waals surface area contributed by atoms with E-state index in [2.05, 4.69) is 21.2 Å². The third-order valence-corrected chi connectivity index (χ3v) is 2.99. The predicted molar refractivity (Wildman–Crippen MR) is 71.3 cm³/mol. The summed E-state index contributed by atoms with van der Waals surface area (Å²) >= 11 is 3.17. The lowest BCUT2D eigenvalue weighted by molar-refractivity contribution is -0.140. The van der Waals surface area contributed by atoms with Crippen LogP contribution >= 0.6 is 15.9 Å². The number of nitrogens with two attached hydrogens (primary N) is 2. The lowest BCUT2D eigenvalue weighted by atomic mass is 10.1. The highest BCUT2D eigenvalue weighted by Crippen LogP contribution is 2.20. The van der Waals surface area contributed by atoms with Crippen LogP contribution in [-0.2, 0) is 9.59 Å². The molecular weight excluding hydrogens is 318 g/mol. The average molecular weight is 330 g/mol. The number of rotatable bonds is 5. The van der Waals surface area contributed by atoms with E-state index < -0.39 is 30.2 Å². The van der Waals surface area contributed by atoms with Gasteiger partial charge in [-0.2, -0.15) is 0 Å². The van der Waals surface area contributed by atoms with Crippen LogP contribution < -0.4 is 16.8 Å². The number of aliphatic carboxylic acids is 1. The van der Waals surface area contributed by atoms with E-state index in [0.29, 0.717) is 10.2 Å². The molecular formula is C11H12BrN3O4. The van der Waals surface area contributed by atoms with E-state index in [1.807, 2.05) is 0 Å². The smallest absolute Gasteiger partial charge is 0.326 e. The maximum atomic E-state index is 11.8. The fourth-order valence-electron chi connectivity index (χ4n) is 1.33. The zero-order chi connectivity index (χ0) is 14.6. The number of anilines is 1. The summed E-state index contributed by atoms with van der Waals surface area (Å²) < 4.78 is 0.621. The number of amides is 2. The summed E-state index contributed by atoms with van der Waals surface area (Å²) in [4.78, 5) is 33.4. The second-order valence-corrected chi connectivity index (χ2v) is 4.63. The summed E-state index contributed by atoms with van der Waals surface area (Å²) in [5.41, 5.74) is 11.1. The van der Waals surface area contributed by atoms with Gasteiger partial charge in [0.2, 0.25) is 5.91 Å². The Morgan fingerprint density at radius 2 is 2.00 bits per heavy atom. The lowest BCUT2D eigenvalue weighted by Crippen LogP contribution is -2.43. The quantitative estimate of drug-likeness (QED) is 0.567. The molecule has 0 bridgehead atoms. The molecule has 0 aliphatic heterocycles. The van der Waals surface area contributed by atoms with Gasteiger partial charge in [-0.15, -0.1) is 0 Å². The first-order valence-electron chi connectivity index (χ1n) is 5.18. The number of carbonyl (C=O) groups is 3. The Bertz CT molecular complexity index is 533. The van der Waals surface area contributed by atoms with Crippen LogP contribution in [0.3, 0.4) is 0 Å². The number of benzene rings is 1. The molecule has 0 spiro atoms. The molecule has 7 nitrogen and oxygen atoms in total. The number of hydrogen-bond acceptors (Lipinski definition) is 4. The summed E-state index contributed by atoms with van der Waals surface area (Å²) in [6.45, 7) is 0. The molecule has 0 radical (unpaired) electrons. The van der Waals surface area contributed by atoms with E-state index in [1.54, 1.807) is 6.07 Å². The highest BCUT2D eigenvalue weighted by molar-refractivity contribution is 9.10. The normalized spacial score (nSPS) is 11.6. The van der Waals surface area contributed by atoms with Crippen molar-refractivity contribution < 1.29 is 19.5 Å². The van der Waals surface area contributed by atoms with Gasteiger partial charge in [-0.3, -0.25) is 9.59 Å². The Morgan fingerprint density at radius 1 is 1.37 bits per heavy atom. The van der Waals surface area contributed by atoms with Gasteiger partial charge in [0.05, 0.1) is 6.42 Å². The zero-order valence-corrected chi connectivity index (χ0v) is 11.3. The van der Waals surface area contributed by atoms with Crippen molar-refractivity contribution in [1.82, 2.24) is 5.32 Å². The lowest BCUT2D eigenvalue weighted by Gasteiger charge is -2.13. The third kappa shape index (κ3) is 4.25. The summed E-state index contributed by atoms with van der Waals surface area (Å²) in [5, 5.41) is 11.1. The summed E-state index contributed by atoms with van der Waals surface area (Å²) in [6.07, 6.45) is -0.479. The molecule has 0 heterocycles. The van der Waals surface area contributed by atoms with E-state index in [4.69, 9.17) is 16.6 Å². The third-order valence-electron chi connectivity index (χ3n) is 2.27. The zero-order valence-electron chi connectivity index (χ0n) is 9.72. The van der Waals surface area contributed by atoms with E-state index in [1.165, 1.54) is 12.1 Å². The molecule has 6 N–H and O–H groups in total. The molecule has 1 aromatic carbocycles. The van der Waals surface area contributed by atoms with Crippen LogP contribution in [0.5, 0.6) is 0 Å². The van der Waals surface area contributed by atoms with Crippen LogP contribution in [0.1, 0.15) is 16.8 Å². The summed E-state index contributed by atoms with van der Waals surface area (Å²) in [6, 6.07) is 3.06. The van der Waals surface area contributed by atoms with E-state index >= 15 is 0 Å². The molecule has 0 unspecified atom stereocenters. The SMILES string of the molecule is NC(=O)C[C@H](NC(=O)c1ccc(Br)c(N)c1)C(=O)O. The van der Waals surface area contributed by atoms with Crippen LogP contribution in [0.4, 0.5) is 5.69 Å². The van der Waals surface area contributed by atoms with Gasteiger partial charge in [0.1, 0.15) is 6.04 Å². The molecule has 19 heavy (non-hydrogen) atoms. The fourth-order valence-corrected chi connectivity index (χ4v) is 1.57. The van der Waals surface area contributed by atoms with Gasteiger partial charge in [0.25, 0.3) is 5.91 Å². The molecule has 8 heteroatoms. The number of primary amides is 1. The number of nitrogens with one attached hydrogen (secondary N) is 1. The Hall–Kier alpha value is -2.09. The van der Waals surface area contributed by atoms with Crippen molar-refractivity contribution in [3.63, 3.8) is 0 Å². The maximum absolute atomic E-state index is 11.8. The number of halogens is 1. The molecule has 0 aliphatic rings. The Labute approximate surface area is 117 Å². The molecule has 1 rings (SSSR count). The molecule has 2 amide bonds. The standard InChI is InChI=1S/C11H12BrN3O4/c12-6-2-1-5(3-7(6)13)10(17)15-8(11(18)19)4-9(14)16/h1-3,8H,4,13H2,(H2,14,16)(H,15,17)(H,18,19)/t8-/m0/s1. The van der Waals surface area contributed by atoms with Crippen molar-refractivity contribution in [1.29, 1.82) is 0 Å². The van der Waals surface area contributed by atoms with Gasteiger partial charge in [-0.25, -0.2) is 4.79 Å². The van der Waals surface area contributed by atoms with Crippen molar-refractivity contribution in [3.05, 3.63) is 28.2 Å². The Balaban J connectivity index is 2.84. The molecule has 0 fully saturated rings. The topological polar surface area (TPSA) is 136 Å². The van der Waals surface area contributed by atoms with Gasteiger partial charge in [-0.1, -0.05) is 0 Å². The second kappa shape index (κ2) is 6.19. The largest absolute Gasteiger partial charge is 0.480 e. The van der Waals surface area contributed by atoms with Crippen LogP contribution in [0, 0.1) is 0 Å². The highest BCUT2D eigenvalue weighted by Gasteiger charge is 2.22. The number of hydrogen-bond donors (Lipinski definition) is 4. The van der Waals surface area contributed by atoms with Gasteiger partial charge in [0, 0.05) is 15.7 Å². The van der Waals surface area contributed by atoms with Crippen molar-refractivity contribution in [2.45, 2.75) is 12.5 Å². The van der Waals surface area contributed by atoms with Crippen molar-refractivity contribution >= 4 is 39.4 Å². The molecule has 0 saturated heterocycles. The maximum Gasteiger partial charge on any atom is 0.326 e. The van der Waals surface area contributed by atoms with Crippen molar-refractivity contribution in [2.75, 3.05) is 5.73 Å². The van der Waals surface area contributed by atoms with E-state index in [0.717, 1.165) is 0 Å². The van der Waals surface area contributed by atoms with Crippen LogP contribution in [-0.4, -0.2) is 28.9 Å². The molecule has 0 saturated carbocycles. The van der Waals surface area contributed by atoms with Gasteiger partial charge < -0.3 is 21.9 Å². The summed E-state index contributed by atoms with van der Waals surface area (Å²) in [7, 11) is 0. The minimum atomic E-state index is -1.37. The van der Waals surface area contributed by atoms with Crippen LogP contribution in [0.2, 0.25) is 0 Å². The molecule has 102 valence electrons.